The second-order valence-electron chi connectivity index (χ2n) is 5.13. The first kappa shape index (κ1) is 13.5. The van der Waals surface area contributed by atoms with E-state index in [1.807, 2.05) is 0 Å². The van der Waals surface area contributed by atoms with E-state index in [0.29, 0.717) is 12.2 Å². The molecule has 0 aliphatic heterocycles. The molecule has 0 radical (unpaired) electrons. The molecule has 1 aliphatic rings. The van der Waals surface area contributed by atoms with Crippen molar-refractivity contribution in [3.05, 3.63) is 11.6 Å². The fraction of sp³-hybridized carbons (Fsp3) is 0.800. The van der Waals surface area contributed by atoms with Crippen molar-refractivity contribution >= 4 is 5.78 Å². The number of allylic oxidation sites excluding steroid dienone is 2. The molecule has 0 saturated heterocycles. The first-order valence-electron chi connectivity index (χ1n) is 6.96. The van der Waals surface area contributed by atoms with Crippen LogP contribution in [0, 0.1) is 0 Å². The van der Waals surface area contributed by atoms with E-state index in [4.69, 9.17) is 0 Å². The number of hydrogen-bond acceptors (Lipinski definition) is 1. The molecule has 0 fully saturated rings. The van der Waals surface area contributed by atoms with Crippen molar-refractivity contribution < 1.29 is 4.79 Å². The van der Waals surface area contributed by atoms with Crippen LogP contribution in [0.25, 0.3) is 0 Å². The van der Waals surface area contributed by atoms with E-state index in [1.54, 1.807) is 0 Å². The van der Waals surface area contributed by atoms with Gasteiger partial charge in [0.2, 0.25) is 0 Å². The number of carbonyl (C=O) groups excluding carboxylic acids is 1. The molecule has 0 aromatic rings. The number of carbonyl (C=O) groups is 1. The molecule has 0 spiro atoms. The third kappa shape index (κ3) is 6.81. The molecule has 0 amide bonds. The average molecular weight is 222 g/mol. The van der Waals surface area contributed by atoms with Crippen molar-refractivity contribution in [3.8, 4) is 0 Å². The van der Waals surface area contributed by atoms with Crippen molar-refractivity contribution in [2.75, 3.05) is 0 Å². The lowest BCUT2D eigenvalue weighted by atomic mass is 10.0. The van der Waals surface area contributed by atoms with Crippen LogP contribution in [0.3, 0.4) is 0 Å². The molecule has 0 heterocycles. The highest BCUT2D eigenvalue weighted by Crippen LogP contribution is 2.14. The Kier molecular flexibility index (Phi) is 7.20. The van der Waals surface area contributed by atoms with Gasteiger partial charge in [0.25, 0.3) is 0 Å². The van der Waals surface area contributed by atoms with Crippen molar-refractivity contribution in [2.24, 2.45) is 0 Å². The van der Waals surface area contributed by atoms with Gasteiger partial charge in [0.15, 0.2) is 0 Å². The van der Waals surface area contributed by atoms with Gasteiger partial charge < -0.3 is 0 Å². The molecular weight excluding hydrogens is 196 g/mol. The fourth-order valence-corrected chi connectivity index (χ4v) is 2.35. The Bertz CT molecular complexity index is 228. The lowest BCUT2D eigenvalue weighted by Gasteiger charge is -2.05. The standard InChI is InChI=1S/C15H26O/c1-14-11-9-7-5-3-2-4-6-8-10-12-15(16)13-14/h11H,2-10,12-13H2,1H3/b14-11+. The van der Waals surface area contributed by atoms with E-state index in [1.165, 1.54) is 56.9 Å². The Morgan fingerprint density at radius 2 is 1.44 bits per heavy atom. The molecule has 0 atom stereocenters. The van der Waals surface area contributed by atoms with Crippen LogP contribution in [-0.4, -0.2) is 5.78 Å². The van der Waals surface area contributed by atoms with E-state index in [9.17, 15) is 4.79 Å². The monoisotopic (exact) mass is 222 g/mol. The number of rotatable bonds is 0. The molecular formula is C15H26O. The maximum atomic E-state index is 11.6. The highest BCUT2D eigenvalue weighted by molar-refractivity contribution is 5.80. The van der Waals surface area contributed by atoms with Gasteiger partial charge in [-0.25, -0.2) is 0 Å². The van der Waals surface area contributed by atoms with Gasteiger partial charge in [-0.05, 0) is 26.2 Å². The zero-order valence-corrected chi connectivity index (χ0v) is 10.8. The smallest absolute Gasteiger partial charge is 0.136 e. The molecule has 0 aromatic carbocycles. The maximum absolute atomic E-state index is 11.6. The third-order valence-corrected chi connectivity index (χ3v) is 3.38. The Morgan fingerprint density at radius 3 is 2.12 bits per heavy atom. The topological polar surface area (TPSA) is 17.1 Å². The van der Waals surface area contributed by atoms with E-state index >= 15 is 0 Å². The van der Waals surface area contributed by atoms with Crippen molar-refractivity contribution in [1.82, 2.24) is 0 Å². The molecule has 1 nitrogen and oxygen atoms in total. The molecule has 0 unspecified atom stereocenters. The summed E-state index contributed by atoms with van der Waals surface area (Å²) in [5.41, 5.74) is 1.28. The van der Waals surface area contributed by atoms with Gasteiger partial charge >= 0.3 is 0 Å². The van der Waals surface area contributed by atoms with Crippen LogP contribution in [0.4, 0.5) is 0 Å². The third-order valence-electron chi connectivity index (χ3n) is 3.38. The summed E-state index contributed by atoms with van der Waals surface area (Å²) >= 11 is 0. The van der Waals surface area contributed by atoms with Gasteiger partial charge in [-0.2, -0.15) is 0 Å². The zero-order valence-electron chi connectivity index (χ0n) is 10.8. The predicted octanol–water partition coefficient (Wildman–Crippen LogP) is 4.81. The SMILES string of the molecule is C/C1=C\CCCCCCCCCCC(=O)C1. The number of Topliss-reactive ketones (excluding diaryl/α,β-unsaturated/α-hetero) is 1. The normalized spacial score (nSPS) is 25.6. The summed E-state index contributed by atoms with van der Waals surface area (Å²) < 4.78 is 0. The van der Waals surface area contributed by atoms with E-state index < -0.39 is 0 Å². The minimum atomic E-state index is 0.436. The summed E-state index contributed by atoms with van der Waals surface area (Å²) in [7, 11) is 0. The van der Waals surface area contributed by atoms with Crippen LogP contribution in [-0.2, 0) is 4.79 Å². The number of hydrogen-bond donors (Lipinski definition) is 0. The van der Waals surface area contributed by atoms with E-state index in [0.717, 1.165) is 12.8 Å². The molecule has 0 N–H and O–H groups in total. The van der Waals surface area contributed by atoms with E-state index in [2.05, 4.69) is 13.0 Å². The van der Waals surface area contributed by atoms with Crippen LogP contribution in [0.15, 0.2) is 11.6 Å². The summed E-state index contributed by atoms with van der Waals surface area (Å²) in [5, 5.41) is 0. The predicted molar refractivity (Wildman–Crippen MR) is 69.6 cm³/mol. The first-order chi connectivity index (χ1) is 7.79. The molecule has 0 aromatic heterocycles. The summed E-state index contributed by atoms with van der Waals surface area (Å²) in [4.78, 5) is 11.6. The Hall–Kier alpha value is -0.590. The Morgan fingerprint density at radius 1 is 0.875 bits per heavy atom. The van der Waals surface area contributed by atoms with Gasteiger partial charge in [0.05, 0.1) is 0 Å². The highest BCUT2D eigenvalue weighted by Gasteiger charge is 2.03. The molecule has 16 heavy (non-hydrogen) atoms. The second kappa shape index (κ2) is 8.55. The molecule has 92 valence electrons. The zero-order chi connectivity index (χ0) is 11.6. The summed E-state index contributed by atoms with van der Waals surface area (Å²) in [6, 6.07) is 0. The first-order valence-corrected chi connectivity index (χ1v) is 6.96. The van der Waals surface area contributed by atoms with Crippen LogP contribution in [0.1, 0.15) is 77.6 Å². The second-order valence-corrected chi connectivity index (χ2v) is 5.13. The minimum absolute atomic E-state index is 0.436. The minimum Gasteiger partial charge on any atom is -0.299 e. The molecule has 0 bridgehead atoms. The molecule has 0 saturated carbocycles. The fourth-order valence-electron chi connectivity index (χ4n) is 2.35. The van der Waals surface area contributed by atoms with Crippen LogP contribution in [0.5, 0.6) is 0 Å². The quantitative estimate of drug-likeness (QED) is 0.538. The van der Waals surface area contributed by atoms with Crippen LogP contribution < -0.4 is 0 Å². The van der Waals surface area contributed by atoms with Gasteiger partial charge in [-0.1, -0.05) is 50.2 Å². The molecule has 1 aliphatic carbocycles. The van der Waals surface area contributed by atoms with Gasteiger partial charge in [0.1, 0.15) is 5.78 Å². The van der Waals surface area contributed by atoms with Gasteiger partial charge in [0, 0.05) is 12.8 Å². The summed E-state index contributed by atoms with van der Waals surface area (Å²) in [6.07, 6.45) is 15.4. The van der Waals surface area contributed by atoms with Crippen molar-refractivity contribution in [1.29, 1.82) is 0 Å². The Labute approximate surface area is 100 Å². The Balaban J connectivity index is 2.34. The largest absolute Gasteiger partial charge is 0.299 e. The average Bonchev–Trinajstić information content (AvgIpc) is 2.25. The molecule has 1 heteroatoms. The maximum Gasteiger partial charge on any atom is 0.136 e. The lowest BCUT2D eigenvalue weighted by Crippen LogP contribution is -1.98. The lowest BCUT2D eigenvalue weighted by molar-refractivity contribution is -0.118. The highest BCUT2D eigenvalue weighted by atomic mass is 16.1. The summed E-state index contributed by atoms with van der Waals surface area (Å²) in [5.74, 6) is 0.436. The van der Waals surface area contributed by atoms with Crippen LogP contribution >= 0.6 is 0 Å². The number of ketones is 1. The summed E-state index contributed by atoms with van der Waals surface area (Å²) in [6.45, 7) is 2.10. The van der Waals surface area contributed by atoms with Gasteiger partial charge in [-0.3, -0.25) is 4.79 Å². The van der Waals surface area contributed by atoms with Gasteiger partial charge in [-0.15, -0.1) is 0 Å². The van der Waals surface area contributed by atoms with Crippen LogP contribution in [0.2, 0.25) is 0 Å². The van der Waals surface area contributed by atoms with Crippen molar-refractivity contribution in [3.63, 3.8) is 0 Å². The van der Waals surface area contributed by atoms with Crippen molar-refractivity contribution in [2.45, 2.75) is 77.6 Å². The van der Waals surface area contributed by atoms with E-state index in [-0.39, 0.29) is 0 Å². The molecule has 1 rings (SSSR count).